The van der Waals surface area contributed by atoms with Crippen LogP contribution in [0.3, 0.4) is 0 Å². The van der Waals surface area contributed by atoms with Gasteiger partial charge >= 0.3 is 5.97 Å². The Labute approximate surface area is 136 Å². The Morgan fingerprint density at radius 2 is 2.17 bits per heavy atom. The predicted octanol–water partition coefficient (Wildman–Crippen LogP) is 0.936. The van der Waals surface area contributed by atoms with Gasteiger partial charge < -0.3 is 15.4 Å². The molecule has 0 radical (unpaired) electrons. The number of nitrogens with one attached hydrogen (secondary N) is 2. The summed E-state index contributed by atoms with van der Waals surface area (Å²) in [7, 11) is 1.32. The second-order valence-corrected chi connectivity index (χ2v) is 7.34. The molecule has 0 aromatic rings. The van der Waals surface area contributed by atoms with E-state index in [4.69, 9.17) is 4.74 Å². The number of ketones is 1. The van der Waals surface area contributed by atoms with Gasteiger partial charge in [0.2, 0.25) is 5.91 Å². The van der Waals surface area contributed by atoms with Gasteiger partial charge in [-0.3, -0.25) is 9.59 Å². The third-order valence-electron chi connectivity index (χ3n) is 5.71. The van der Waals surface area contributed by atoms with Gasteiger partial charge in [0.1, 0.15) is 11.8 Å². The molecule has 1 spiro atoms. The molecule has 3 aliphatic rings. The highest BCUT2D eigenvalue weighted by Crippen LogP contribution is 2.53. The fraction of sp³-hybridized carbons (Fsp3) is 0.824. The zero-order chi connectivity index (χ0) is 16.4. The van der Waals surface area contributed by atoms with Crippen LogP contribution in [-0.2, 0) is 19.1 Å². The van der Waals surface area contributed by atoms with Crippen molar-refractivity contribution in [3.05, 3.63) is 0 Å². The van der Waals surface area contributed by atoms with E-state index in [1.165, 1.54) is 20.0 Å². The van der Waals surface area contributed by atoms with Crippen molar-refractivity contribution < 1.29 is 19.1 Å². The van der Waals surface area contributed by atoms with Crippen LogP contribution in [0, 0.1) is 11.3 Å². The molecule has 3 fully saturated rings. The van der Waals surface area contributed by atoms with Crippen LogP contribution in [0.4, 0.5) is 0 Å². The van der Waals surface area contributed by atoms with Gasteiger partial charge in [0, 0.05) is 12.3 Å². The van der Waals surface area contributed by atoms with Crippen molar-refractivity contribution in [3.8, 4) is 0 Å². The average molecular weight is 322 g/mol. The third kappa shape index (κ3) is 3.74. The lowest BCUT2D eigenvalue weighted by Gasteiger charge is -2.30. The Kier molecular flexibility index (Phi) is 4.71. The van der Waals surface area contributed by atoms with Crippen molar-refractivity contribution in [2.24, 2.45) is 11.3 Å². The maximum absolute atomic E-state index is 12.5. The minimum Gasteiger partial charge on any atom is -0.467 e. The Bertz CT molecular complexity index is 501. The molecule has 1 saturated heterocycles. The van der Waals surface area contributed by atoms with Gasteiger partial charge in [-0.1, -0.05) is 0 Å². The molecule has 0 bridgehead atoms. The molecule has 6 heteroatoms. The van der Waals surface area contributed by atoms with Gasteiger partial charge in [-0.2, -0.15) is 0 Å². The minimum absolute atomic E-state index is 0.131. The number of rotatable bonds is 5. The van der Waals surface area contributed by atoms with Crippen LogP contribution in [0.2, 0.25) is 0 Å². The molecule has 3 rings (SSSR count). The van der Waals surface area contributed by atoms with E-state index in [1.54, 1.807) is 0 Å². The summed E-state index contributed by atoms with van der Waals surface area (Å²) in [5.74, 6) is -0.541. The number of ether oxygens (including phenoxy) is 1. The zero-order valence-corrected chi connectivity index (χ0v) is 13.7. The molecule has 0 aromatic heterocycles. The van der Waals surface area contributed by atoms with Crippen LogP contribution in [0.25, 0.3) is 0 Å². The minimum atomic E-state index is -0.724. The molecule has 2 aliphatic carbocycles. The fourth-order valence-electron chi connectivity index (χ4n) is 3.99. The number of hydrogen-bond acceptors (Lipinski definition) is 5. The van der Waals surface area contributed by atoms with Crippen LogP contribution in [0.1, 0.15) is 51.4 Å². The molecular formula is C17H26N2O4. The molecule has 2 N–H and O–H groups in total. The number of esters is 1. The SMILES string of the molecule is COC(=O)[C@H](C[C@@H]1CCCC1=O)NC(=O)[C@@H]1CC2(CCN1)CC2. The highest BCUT2D eigenvalue weighted by Gasteiger charge is 2.47. The molecule has 128 valence electrons. The topological polar surface area (TPSA) is 84.5 Å². The van der Waals surface area contributed by atoms with E-state index in [0.29, 0.717) is 18.3 Å². The summed E-state index contributed by atoms with van der Waals surface area (Å²) in [6.07, 6.45) is 6.99. The molecule has 6 nitrogen and oxygen atoms in total. The van der Waals surface area contributed by atoms with Gasteiger partial charge in [-0.05, 0) is 56.9 Å². The quantitative estimate of drug-likeness (QED) is 0.736. The van der Waals surface area contributed by atoms with Crippen molar-refractivity contribution in [2.45, 2.75) is 63.5 Å². The summed E-state index contributed by atoms with van der Waals surface area (Å²) in [5, 5.41) is 6.07. The van der Waals surface area contributed by atoms with Crippen LogP contribution in [-0.4, -0.2) is 43.4 Å². The normalized spacial score (nSPS) is 30.0. The predicted molar refractivity (Wildman–Crippen MR) is 83.6 cm³/mol. The summed E-state index contributed by atoms with van der Waals surface area (Å²) in [6, 6.07) is -0.962. The molecule has 23 heavy (non-hydrogen) atoms. The first-order valence-corrected chi connectivity index (χ1v) is 8.67. The number of carbonyl (C=O) groups excluding carboxylic acids is 3. The molecule has 0 unspecified atom stereocenters. The number of Topliss-reactive ketones (excluding diaryl/α,β-unsaturated/α-hetero) is 1. The summed E-state index contributed by atoms with van der Waals surface area (Å²) >= 11 is 0. The lowest BCUT2D eigenvalue weighted by Crippen LogP contribution is -2.53. The third-order valence-corrected chi connectivity index (χ3v) is 5.71. The number of hydrogen-bond donors (Lipinski definition) is 2. The number of amides is 1. The standard InChI is InChI=1S/C17H26N2O4/c1-23-16(22)12(9-11-3-2-4-14(11)20)19-15(21)13-10-17(5-6-17)7-8-18-13/h11-13,18H,2-10H2,1H3,(H,19,21)/t11-,12-,13-/m0/s1. The zero-order valence-electron chi connectivity index (χ0n) is 13.7. The Balaban J connectivity index is 1.59. The fourth-order valence-corrected chi connectivity index (χ4v) is 3.99. The first kappa shape index (κ1) is 16.4. The van der Waals surface area contributed by atoms with Crippen molar-refractivity contribution >= 4 is 17.7 Å². The van der Waals surface area contributed by atoms with Crippen molar-refractivity contribution in [1.82, 2.24) is 10.6 Å². The van der Waals surface area contributed by atoms with Crippen molar-refractivity contribution in [3.63, 3.8) is 0 Å². The van der Waals surface area contributed by atoms with Crippen LogP contribution >= 0.6 is 0 Å². The van der Waals surface area contributed by atoms with Gasteiger partial charge in [0.15, 0.2) is 0 Å². The van der Waals surface area contributed by atoms with Gasteiger partial charge in [-0.15, -0.1) is 0 Å². The molecule has 2 saturated carbocycles. The monoisotopic (exact) mass is 322 g/mol. The number of methoxy groups -OCH3 is 1. The van der Waals surface area contributed by atoms with Crippen LogP contribution < -0.4 is 10.6 Å². The van der Waals surface area contributed by atoms with E-state index >= 15 is 0 Å². The van der Waals surface area contributed by atoms with Crippen molar-refractivity contribution in [2.75, 3.05) is 13.7 Å². The lowest BCUT2D eigenvalue weighted by molar-refractivity contribution is -0.146. The summed E-state index contributed by atoms with van der Waals surface area (Å²) in [6.45, 7) is 0.849. The summed E-state index contributed by atoms with van der Waals surface area (Å²) in [4.78, 5) is 36.4. The molecule has 0 aromatic carbocycles. The lowest BCUT2D eigenvalue weighted by atomic mass is 9.89. The Morgan fingerprint density at radius 3 is 2.78 bits per heavy atom. The maximum atomic E-state index is 12.5. The van der Waals surface area contributed by atoms with E-state index in [-0.39, 0.29) is 23.7 Å². The molecular weight excluding hydrogens is 296 g/mol. The van der Waals surface area contributed by atoms with E-state index in [0.717, 1.165) is 32.2 Å². The first-order chi connectivity index (χ1) is 11.0. The second kappa shape index (κ2) is 6.59. The van der Waals surface area contributed by atoms with Crippen LogP contribution in [0.5, 0.6) is 0 Å². The van der Waals surface area contributed by atoms with E-state index in [9.17, 15) is 14.4 Å². The molecule has 1 amide bonds. The number of piperidine rings is 1. The van der Waals surface area contributed by atoms with Crippen molar-refractivity contribution in [1.29, 1.82) is 0 Å². The summed E-state index contributed by atoms with van der Waals surface area (Å²) in [5.41, 5.74) is 0.357. The second-order valence-electron chi connectivity index (χ2n) is 7.34. The number of carbonyl (C=O) groups is 3. The highest BCUT2D eigenvalue weighted by molar-refractivity contribution is 5.89. The van der Waals surface area contributed by atoms with E-state index in [2.05, 4.69) is 10.6 Å². The van der Waals surface area contributed by atoms with E-state index < -0.39 is 12.0 Å². The van der Waals surface area contributed by atoms with Crippen LogP contribution in [0.15, 0.2) is 0 Å². The van der Waals surface area contributed by atoms with Gasteiger partial charge in [0.25, 0.3) is 0 Å². The van der Waals surface area contributed by atoms with Gasteiger partial charge in [-0.25, -0.2) is 4.79 Å². The summed E-state index contributed by atoms with van der Waals surface area (Å²) < 4.78 is 4.81. The molecule has 3 atom stereocenters. The average Bonchev–Trinajstić information content (AvgIpc) is 3.17. The first-order valence-electron chi connectivity index (χ1n) is 8.67. The Hall–Kier alpha value is -1.43. The smallest absolute Gasteiger partial charge is 0.328 e. The molecule has 1 heterocycles. The largest absolute Gasteiger partial charge is 0.467 e. The highest BCUT2D eigenvalue weighted by atomic mass is 16.5. The van der Waals surface area contributed by atoms with E-state index in [1.807, 2.05) is 0 Å². The molecule has 1 aliphatic heterocycles. The van der Waals surface area contributed by atoms with Gasteiger partial charge in [0.05, 0.1) is 13.2 Å². The Morgan fingerprint density at radius 1 is 1.39 bits per heavy atom. The maximum Gasteiger partial charge on any atom is 0.328 e.